The van der Waals surface area contributed by atoms with Crippen molar-refractivity contribution in [2.24, 2.45) is 0 Å². The molecule has 0 aliphatic carbocycles. The van der Waals surface area contributed by atoms with Crippen molar-refractivity contribution < 1.29 is 0 Å². The number of aromatic nitrogens is 3. The Bertz CT molecular complexity index is 998. The predicted molar refractivity (Wildman–Crippen MR) is 83.8 cm³/mol. The third-order valence-electron chi connectivity index (χ3n) is 3.44. The Morgan fingerprint density at radius 1 is 0.810 bits per heavy atom. The van der Waals surface area contributed by atoms with Gasteiger partial charge in [-0.3, -0.25) is 5.10 Å². The van der Waals surface area contributed by atoms with Crippen LogP contribution in [0.3, 0.4) is 0 Å². The van der Waals surface area contributed by atoms with Gasteiger partial charge in [0.2, 0.25) is 0 Å². The number of rotatable bonds is 0. The fourth-order valence-corrected chi connectivity index (χ4v) is 2.40. The number of H-pyrrole nitrogens is 1. The molecular formula is C18H11N3. The van der Waals surface area contributed by atoms with Crippen LogP contribution in [0.5, 0.6) is 0 Å². The molecule has 0 saturated carbocycles. The zero-order valence-corrected chi connectivity index (χ0v) is 11.2. The third kappa shape index (κ3) is 2.03. The summed E-state index contributed by atoms with van der Waals surface area (Å²) in [5.74, 6) is 6.30. The van der Waals surface area contributed by atoms with E-state index in [2.05, 4.69) is 33.1 Å². The van der Waals surface area contributed by atoms with E-state index in [0.717, 1.165) is 33.1 Å². The van der Waals surface area contributed by atoms with Gasteiger partial charge in [0.1, 0.15) is 11.4 Å². The van der Waals surface area contributed by atoms with Gasteiger partial charge in [-0.25, -0.2) is 4.98 Å². The van der Waals surface area contributed by atoms with Crippen molar-refractivity contribution in [3.05, 3.63) is 72.2 Å². The number of hydrogen-bond donors (Lipinski definition) is 1. The van der Waals surface area contributed by atoms with Crippen LogP contribution in [0.15, 0.2) is 60.8 Å². The topological polar surface area (TPSA) is 41.6 Å². The number of nitrogens with zero attached hydrogens (tertiary/aromatic N) is 2. The van der Waals surface area contributed by atoms with Crippen molar-refractivity contribution in [1.82, 2.24) is 15.2 Å². The van der Waals surface area contributed by atoms with Gasteiger partial charge < -0.3 is 0 Å². The van der Waals surface area contributed by atoms with Crippen LogP contribution >= 0.6 is 0 Å². The van der Waals surface area contributed by atoms with E-state index in [1.54, 1.807) is 6.20 Å². The van der Waals surface area contributed by atoms with Crippen LogP contribution < -0.4 is 0 Å². The first-order chi connectivity index (χ1) is 10.4. The molecule has 2 aromatic heterocycles. The molecule has 1 N–H and O–H groups in total. The first-order valence-corrected chi connectivity index (χ1v) is 6.71. The summed E-state index contributed by atoms with van der Waals surface area (Å²) in [7, 11) is 0. The molecule has 98 valence electrons. The molecule has 0 fully saturated rings. The molecule has 0 radical (unpaired) electrons. The van der Waals surface area contributed by atoms with Crippen molar-refractivity contribution in [3.8, 4) is 11.8 Å². The van der Waals surface area contributed by atoms with Crippen LogP contribution in [0, 0.1) is 11.8 Å². The largest absolute Gasteiger partial charge is 0.269 e. The van der Waals surface area contributed by atoms with Crippen LogP contribution in [0.25, 0.3) is 21.7 Å². The van der Waals surface area contributed by atoms with Crippen molar-refractivity contribution in [2.45, 2.75) is 0 Å². The van der Waals surface area contributed by atoms with E-state index in [1.165, 1.54) is 0 Å². The summed E-state index contributed by atoms with van der Waals surface area (Å²) in [4.78, 5) is 4.38. The van der Waals surface area contributed by atoms with Crippen molar-refractivity contribution in [2.75, 3.05) is 0 Å². The lowest BCUT2D eigenvalue weighted by atomic mass is 10.1. The number of pyridine rings is 1. The number of fused-ring (bicyclic) bond motifs is 2. The van der Waals surface area contributed by atoms with Gasteiger partial charge in [0.25, 0.3) is 0 Å². The fraction of sp³-hybridized carbons (Fsp3) is 0. The SMILES string of the molecule is C(#Cc1[nH]nc2ccccc12)c1nccc2ccccc12. The lowest BCUT2D eigenvalue weighted by Crippen LogP contribution is -1.85. The van der Waals surface area contributed by atoms with Gasteiger partial charge in [-0.2, -0.15) is 5.10 Å². The van der Waals surface area contributed by atoms with Crippen molar-refractivity contribution in [3.63, 3.8) is 0 Å². The highest BCUT2D eigenvalue weighted by Crippen LogP contribution is 2.17. The minimum absolute atomic E-state index is 0.784. The molecule has 0 saturated heterocycles. The summed E-state index contributed by atoms with van der Waals surface area (Å²) in [6.07, 6.45) is 1.79. The number of aromatic amines is 1. The number of nitrogens with one attached hydrogen (secondary N) is 1. The summed E-state index contributed by atoms with van der Waals surface area (Å²) < 4.78 is 0. The monoisotopic (exact) mass is 269 g/mol. The van der Waals surface area contributed by atoms with E-state index in [-0.39, 0.29) is 0 Å². The fourth-order valence-electron chi connectivity index (χ4n) is 2.40. The van der Waals surface area contributed by atoms with E-state index in [0.29, 0.717) is 0 Å². The van der Waals surface area contributed by atoms with E-state index in [4.69, 9.17) is 0 Å². The van der Waals surface area contributed by atoms with Crippen LogP contribution in [-0.2, 0) is 0 Å². The Hall–Kier alpha value is -3.12. The maximum absolute atomic E-state index is 4.38. The molecule has 0 unspecified atom stereocenters. The molecule has 3 heteroatoms. The lowest BCUT2D eigenvalue weighted by molar-refractivity contribution is 1.10. The first kappa shape index (κ1) is 11.7. The van der Waals surface area contributed by atoms with Crippen molar-refractivity contribution >= 4 is 21.7 Å². The third-order valence-corrected chi connectivity index (χ3v) is 3.44. The quantitative estimate of drug-likeness (QED) is 0.496. The molecule has 4 rings (SSSR count). The van der Waals surface area contributed by atoms with E-state index < -0.39 is 0 Å². The molecule has 21 heavy (non-hydrogen) atoms. The van der Waals surface area contributed by atoms with Gasteiger partial charge in [-0.05, 0) is 35.4 Å². The van der Waals surface area contributed by atoms with Crippen LogP contribution in [0.4, 0.5) is 0 Å². The standard InChI is InChI=1S/C18H11N3/c1-2-6-14-13(5-1)11-12-19-16(14)9-10-18-15-7-3-4-8-17(15)20-21-18/h1-8,11-12H,(H,20,21). The minimum atomic E-state index is 0.784. The minimum Gasteiger partial charge on any atom is -0.269 e. The molecule has 0 aliphatic rings. The normalized spacial score (nSPS) is 10.5. The zero-order valence-electron chi connectivity index (χ0n) is 11.2. The Morgan fingerprint density at radius 3 is 2.57 bits per heavy atom. The second-order valence-corrected chi connectivity index (χ2v) is 4.75. The Labute approximate surface area is 121 Å². The van der Waals surface area contributed by atoms with E-state index in [9.17, 15) is 0 Å². The molecular weight excluding hydrogens is 258 g/mol. The Morgan fingerprint density at radius 2 is 1.62 bits per heavy atom. The zero-order chi connectivity index (χ0) is 14.1. The second kappa shape index (κ2) is 4.77. The molecule has 0 bridgehead atoms. The molecule has 3 nitrogen and oxygen atoms in total. The van der Waals surface area contributed by atoms with Crippen molar-refractivity contribution in [1.29, 1.82) is 0 Å². The summed E-state index contributed by atoms with van der Waals surface area (Å²) in [5, 5.41) is 10.5. The van der Waals surface area contributed by atoms with Gasteiger partial charge in [0.05, 0.1) is 5.52 Å². The second-order valence-electron chi connectivity index (χ2n) is 4.75. The maximum Gasteiger partial charge on any atom is 0.121 e. The highest BCUT2D eigenvalue weighted by Gasteiger charge is 2.02. The van der Waals surface area contributed by atoms with Crippen LogP contribution in [0.2, 0.25) is 0 Å². The summed E-state index contributed by atoms with van der Waals surface area (Å²) >= 11 is 0. The molecule has 2 heterocycles. The molecule has 4 aromatic rings. The lowest BCUT2D eigenvalue weighted by Gasteiger charge is -1.98. The number of para-hydroxylation sites is 1. The molecule has 0 atom stereocenters. The highest BCUT2D eigenvalue weighted by atomic mass is 15.1. The summed E-state index contributed by atoms with van der Waals surface area (Å²) in [6.45, 7) is 0. The summed E-state index contributed by atoms with van der Waals surface area (Å²) in [6, 6.07) is 18.0. The highest BCUT2D eigenvalue weighted by molar-refractivity contribution is 5.87. The Kier molecular flexibility index (Phi) is 2.65. The number of hydrogen-bond acceptors (Lipinski definition) is 2. The van der Waals surface area contributed by atoms with Gasteiger partial charge in [0, 0.05) is 17.0 Å². The van der Waals surface area contributed by atoms with Gasteiger partial charge >= 0.3 is 0 Å². The average Bonchev–Trinajstić information content (AvgIpc) is 2.96. The number of benzene rings is 2. The Balaban J connectivity index is 1.86. The van der Waals surface area contributed by atoms with Crippen LogP contribution in [-0.4, -0.2) is 15.2 Å². The molecule has 2 aromatic carbocycles. The average molecular weight is 269 g/mol. The van der Waals surface area contributed by atoms with Gasteiger partial charge in [0.15, 0.2) is 0 Å². The maximum atomic E-state index is 4.38. The molecule has 0 spiro atoms. The van der Waals surface area contributed by atoms with E-state index >= 15 is 0 Å². The predicted octanol–water partition coefficient (Wildman–Crippen LogP) is 3.51. The smallest absolute Gasteiger partial charge is 0.121 e. The first-order valence-electron chi connectivity index (χ1n) is 6.71. The van der Waals surface area contributed by atoms with Gasteiger partial charge in [-0.1, -0.05) is 36.4 Å². The van der Waals surface area contributed by atoms with Gasteiger partial charge in [-0.15, -0.1) is 0 Å². The van der Waals surface area contributed by atoms with Crippen LogP contribution in [0.1, 0.15) is 11.4 Å². The molecule has 0 amide bonds. The summed E-state index contributed by atoms with van der Waals surface area (Å²) in [5.41, 5.74) is 2.53. The molecule has 0 aliphatic heterocycles. The van der Waals surface area contributed by atoms with E-state index in [1.807, 2.05) is 48.5 Å².